The van der Waals surface area contributed by atoms with Crippen LogP contribution in [0.2, 0.25) is 0 Å². The van der Waals surface area contributed by atoms with Crippen molar-refractivity contribution in [3.8, 4) is 22.8 Å². The molecule has 3 aromatic carbocycles. The Bertz CT molecular complexity index is 1590. The van der Waals surface area contributed by atoms with Gasteiger partial charge < -0.3 is 19.9 Å². The van der Waals surface area contributed by atoms with Gasteiger partial charge in [-0.05, 0) is 52.9 Å². The number of benzene rings is 3. The summed E-state index contributed by atoms with van der Waals surface area (Å²) in [5, 5.41) is 17.5. The lowest BCUT2D eigenvalue weighted by Crippen LogP contribution is -2.42. The molecule has 192 valence electrons. The van der Waals surface area contributed by atoms with Gasteiger partial charge in [-0.2, -0.15) is 4.98 Å². The lowest BCUT2D eigenvalue weighted by atomic mass is 9.86. The molecule has 5 aromatic rings. The fourth-order valence-corrected chi connectivity index (χ4v) is 4.23. The van der Waals surface area contributed by atoms with Crippen molar-refractivity contribution in [1.29, 1.82) is 0 Å². The molecule has 1 amide bonds. The summed E-state index contributed by atoms with van der Waals surface area (Å²) < 4.78 is 5.47. The van der Waals surface area contributed by atoms with Crippen molar-refractivity contribution in [1.82, 2.24) is 20.4 Å². The standard InChI is InChI=1S/C30H28N4O4/c1-30(2,3)23-11-8-20(9-12-23)27(35)32-25(29(36)37)16-18-4-6-19(7-5-18)26-33-28(38-34-26)22-10-13-24-21(17-22)14-15-31-24/h4-15,17,25,31H,16H2,1-3H3,(H,32,35)(H,36,37). The summed E-state index contributed by atoms with van der Waals surface area (Å²) in [6.45, 7) is 6.28. The molecule has 0 aliphatic carbocycles. The van der Waals surface area contributed by atoms with Gasteiger partial charge in [0, 0.05) is 40.2 Å². The first-order valence-corrected chi connectivity index (χ1v) is 12.3. The molecular weight excluding hydrogens is 480 g/mol. The molecule has 1 unspecified atom stereocenters. The van der Waals surface area contributed by atoms with Crippen LogP contribution in [0.25, 0.3) is 33.7 Å². The zero-order valence-corrected chi connectivity index (χ0v) is 21.4. The summed E-state index contributed by atoms with van der Waals surface area (Å²) in [5.74, 6) is -0.679. The number of nitrogens with zero attached hydrogens (tertiary/aromatic N) is 2. The summed E-state index contributed by atoms with van der Waals surface area (Å²) in [7, 11) is 0. The Hall–Kier alpha value is -4.72. The van der Waals surface area contributed by atoms with Gasteiger partial charge >= 0.3 is 5.97 Å². The van der Waals surface area contributed by atoms with E-state index in [1.165, 1.54) is 0 Å². The normalized spacial score (nSPS) is 12.4. The van der Waals surface area contributed by atoms with E-state index in [0.717, 1.165) is 33.2 Å². The van der Waals surface area contributed by atoms with Crippen molar-refractivity contribution in [2.24, 2.45) is 0 Å². The van der Waals surface area contributed by atoms with Gasteiger partial charge in [-0.25, -0.2) is 4.79 Å². The van der Waals surface area contributed by atoms with Crippen molar-refractivity contribution in [2.75, 3.05) is 0 Å². The molecule has 0 aliphatic rings. The number of hydrogen-bond acceptors (Lipinski definition) is 5. The maximum absolute atomic E-state index is 12.7. The summed E-state index contributed by atoms with van der Waals surface area (Å²) >= 11 is 0. The molecule has 2 aromatic heterocycles. The predicted molar refractivity (Wildman–Crippen MR) is 145 cm³/mol. The van der Waals surface area contributed by atoms with Gasteiger partial charge in [0.15, 0.2) is 0 Å². The van der Waals surface area contributed by atoms with Gasteiger partial charge in [-0.1, -0.05) is 62.3 Å². The average molecular weight is 509 g/mol. The van der Waals surface area contributed by atoms with Gasteiger partial charge in [0.1, 0.15) is 6.04 Å². The highest BCUT2D eigenvalue weighted by Crippen LogP contribution is 2.26. The zero-order valence-electron chi connectivity index (χ0n) is 21.4. The Morgan fingerprint density at radius 3 is 2.37 bits per heavy atom. The molecule has 5 rings (SSSR count). The summed E-state index contributed by atoms with van der Waals surface area (Å²) in [5.41, 5.74) is 4.82. The summed E-state index contributed by atoms with van der Waals surface area (Å²) in [4.78, 5) is 32.3. The predicted octanol–water partition coefficient (Wildman–Crippen LogP) is 5.61. The molecule has 38 heavy (non-hydrogen) atoms. The van der Waals surface area contributed by atoms with E-state index in [1.54, 1.807) is 24.3 Å². The molecule has 1 atom stereocenters. The second kappa shape index (κ2) is 9.97. The number of nitrogens with one attached hydrogen (secondary N) is 2. The number of aliphatic carboxylic acids is 1. The zero-order chi connectivity index (χ0) is 26.9. The molecule has 0 radical (unpaired) electrons. The minimum absolute atomic E-state index is 0.0370. The van der Waals surface area contributed by atoms with Crippen LogP contribution >= 0.6 is 0 Å². The van der Waals surface area contributed by atoms with Crippen LogP contribution in [0.5, 0.6) is 0 Å². The number of amides is 1. The van der Waals surface area contributed by atoms with Crippen LogP contribution < -0.4 is 5.32 Å². The molecule has 0 bridgehead atoms. The van der Waals surface area contributed by atoms with Crippen LogP contribution in [-0.2, 0) is 16.6 Å². The Morgan fingerprint density at radius 1 is 0.974 bits per heavy atom. The van der Waals surface area contributed by atoms with Crippen molar-refractivity contribution in [3.63, 3.8) is 0 Å². The van der Waals surface area contributed by atoms with E-state index >= 15 is 0 Å². The highest BCUT2D eigenvalue weighted by molar-refractivity contribution is 5.96. The monoisotopic (exact) mass is 508 g/mol. The van der Waals surface area contributed by atoms with Crippen LogP contribution in [0, 0.1) is 0 Å². The molecule has 0 saturated heterocycles. The first kappa shape index (κ1) is 25.0. The average Bonchev–Trinajstić information content (AvgIpc) is 3.58. The Labute approximate surface area is 219 Å². The van der Waals surface area contributed by atoms with Crippen molar-refractivity contribution >= 4 is 22.8 Å². The maximum Gasteiger partial charge on any atom is 0.326 e. The first-order chi connectivity index (χ1) is 18.2. The molecular formula is C30H28N4O4. The van der Waals surface area contributed by atoms with Gasteiger partial charge in [0.25, 0.3) is 11.8 Å². The highest BCUT2D eigenvalue weighted by Gasteiger charge is 2.22. The quantitative estimate of drug-likeness (QED) is 0.263. The third kappa shape index (κ3) is 5.34. The van der Waals surface area contributed by atoms with E-state index < -0.39 is 17.9 Å². The van der Waals surface area contributed by atoms with E-state index in [4.69, 9.17) is 4.52 Å². The number of H-pyrrole nitrogens is 1. The van der Waals surface area contributed by atoms with Crippen molar-refractivity contribution in [3.05, 3.63) is 95.7 Å². The minimum atomic E-state index is -1.10. The number of hydrogen-bond donors (Lipinski definition) is 3. The number of fused-ring (bicyclic) bond motifs is 1. The fraction of sp³-hybridized carbons (Fsp3) is 0.200. The Morgan fingerprint density at radius 2 is 1.68 bits per heavy atom. The molecule has 0 spiro atoms. The fourth-order valence-electron chi connectivity index (χ4n) is 4.23. The van der Waals surface area contributed by atoms with Gasteiger partial charge in [-0.15, -0.1) is 0 Å². The first-order valence-electron chi connectivity index (χ1n) is 12.3. The topological polar surface area (TPSA) is 121 Å². The van der Waals surface area contributed by atoms with Crippen LogP contribution in [-0.4, -0.2) is 38.1 Å². The molecule has 2 heterocycles. The maximum atomic E-state index is 12.7. The summed E-state index contributed by atoms with van der Waals surface area (Å²) in [6, 6.07) is 21.2. The van der Waals surface area contributed by atoms with E-state index in [-0.39, 0.29) is 11.8 Å². The molecule has 0 saturated carbocycles. The van der Waals surface area contributed by atoms with Gasteiger partial charge in [0.05, 0.1) is 0 Å². The lowest BCUT2D eigenvalue weighted by Gasteiger charge is -2.19. The number of rotatable bonds is 7. The highest BCUT2D eigenvalue weighted by atomic mass is 16.5. The van der Waals surface area contributed by atoms with Crippen molar-refractivity contribution < 1.29 is 19.2 Å². The third-order valence-electron chi connectivity index (χ3n) is 6.49. The summed E-state index contributed by atoms with van der Waals surface area (Å²) in [6.07, 6.45) is 2.01. The Kier molecular flexibility index (Phi) is 6.55. The molecule has 0 fully saturated rings. The van der Waals surface area contributed by atoms with E-state index in [0.29, 0.717) is 17.3 Å². The van der Waals surface area contributed by atoms with E-state index in [9.17, 15) is 14.7 Å². The molecule has 3 N–H and O–H groups in total. The second-order valence-corrected chi connectivity index (χ2v) is 10.3. The van der Waals surface area contributed by atoms with Gasteiger partial charge in [-0.3, -0.25) is 4.79 Å². The Balaban J connectivity index is 1.26. The van der Waals surface area contributed by atoms with E-state index in [1.807, 2.05) is 54.7 Å². The number of aromatic amines is 1. The smallest absolute Gasteiger partial charge is 0.326 e. The van der Waals surface area contributed by atoms with Crippen LogP contribution in [0.3, 0.4) is 0 Å². The number of carboxylic acid groups (broad SMARTS) is 1. The number of carboxylic acids is 1. The molecule has 0 aliphatic heterocycles. The number of carbonyl (C=O) groups is 2. The minimum Gasteiger partial charge on any atom is -0.480 e. The number of carbonyl (C=O) groups excluding carboxylic acids is 1. The van der Waals surface area contributed by atoms with Gasteiger partial charge in [0.2, 0.25) is 5.82 Å². The number of aromatic nitrogens is 3. The van der Waals surface area contributed by atoms with E-state index in [2.05, 4.69) is 41.2 Å². The largest absolute Gasteiger partial charge is 0.480 e. The molecule has 8 nitrogen and oxygen atoms in total. The third-order valence-corrected chi connectivity index (χ3v) is 6.49. The second-order valence-electron chi connectivity index (χ2n) is 10.3. The van der Waals surface area contributed by atoms with Crippen LogP contribution in [0.15, 0.2) is 83.5 Å². The van der Waals surface area contributed by atoms with Crippen LogP contribution in [0.1, 0.15) is 42.3 Å². The van der Waals surface area contributed by atoms with Crippen LogP contribution in [0.4, 0.5) is 0 Å². The molecule has 8 heteroatoms. The lowest BCUT2D eigenvalue weighted by molar-refractivity contribution is -0.139. The van der Waals surface area contributed by atoms with Crippen molar-refractivity contribution in [2.45, 2.75) is 38.6 Å². The SMILES string of the molecule is CC(C)(C)c1ccc(C(=O)NC(Cc2ccc(-c3noc(-c4ccc5[nH]ccc5c4)n3)cc2)C(=O)O)cc1.